The second-order valence-corrected chi connectivity index (χ2v) is 8.62. The summed E-state index contributed by atoms with van der Waals surface area (Å²) < 4.78 is 11.2. The number of hydrogen-bond donors (Lipinski definition) is 2. The molecular weight excluding hydrogens is 372 g/mol. The second-order valence-electron chi connectivity index (χ2n) is 8.62. The number of amides is 1. The first kappa shape index (κ1) is 21.1. The number of carbonyl (C=O) groups excluding carboxylic acids is 2. The highest BCUT2D eigenvalue weighted by Crippen LogP contribution is 2.25. The number of likely N-dealkylation sites (tertiary alicyclic amines) is 1. The molecule has 1 aromatic carbocycles. The molecule has 1 amide bonds. The summed E-state index contributed by atoms with van der Waals surface area (Å²) in [6, 6.07) is 6.63. The average Bonchev–Trinajstić information content (AvgIpc) is 3.01. The van der Waals surface area contributed by atoms with Gasteiger partial charge in [-0.05, 0) is 64.4 Å². The Labute approximate surface area is 171 Å². The minimum absolute atomic E-state index is 0.0169. The number of benzene rings is 1. The van der Waals surface area contributed by atoms with Crippen LogP contribution in [0.4, 0.5) is 10.5 Å². The van der Waals surface area contributed by atoms with E-state index in [1.807, 2.05) is 20.8 Å². The second kappa shape index (κ2) is 8.41. The predicted molar refractivity (Wildman–Crippen MR) is 110 cm³/mol. The molecule has 2 atom stereocenters. The van der Waals surface area contributed by atoms with Crippen molar-refractivity contribution < 1.29 is 19.1 Å². The molecule has 3 N–H and O–H groups in total. The fourth-order valence-electron chi connectivity index (χ4n) is 3.76. The molecule has 0 radical (unpaired) electrons. The van der Waals surface area contributed by atoms with Gasteiger partial charge in [0.2, 0.25) is 0 Å². The van der Waals surface area contributed by atoms with Crippen LogP contribution in [0.5, 0.6) is 0 Å². The van der Waals surface area contributed by atoms with E-state index in [9.17, 15) is 9.59 Å². The first-order chi connectivity index (χ1) is 13.6. The van der Waals surface area contributed by atoms with Crippen LogP contribution in [0.2, 0.25) is 0 Å². The molecule has 0 spiro atoms. The van der Waals surface area contributed by atoms with E-state index in [0.29, 0.717) is 24.3 Å². The Balaban J connectivity index is 1.64. The van der Waals surface area contributed by atoms with Gasteiger partial charge in [0.15, 0.2) is 0 Å². The van der Waals surface area contributed by atoms with Gasteiger partial charge in [0.1, 0.15) is 23.6 Å². The molecule has 158 valence electrons. The normalized spacial score (nSPS) is 23.0. The lowest BCUT2D eigenvalue weighted by atomic mass is 10.0. The van der Waals surface area contributed by atoms with Crippen molar-refractivity contribution in [1.82, 2.24) is 4.90 Å². The van der Waals surface area contributed by atoms with Gasteiger partial charge in [0.25, 0.3) is 0 Å². The number of amidine groups is 1. The molecule has 2 heterocycles. The minimum Gasteiger partial charge on any atom is -0.459 e. The number of esters is 1. The Hall–Kier alpha value is -2.61. The van der Waals surface area contributed by atoms with Gasteiger partial charge in [-0.15, -0.1) is 0 Å². The zero-order chi connectivity index (χ0) is 21.2. The van der Waals surface area contributed by atoms with E-state index >= 15 is 0 Å². The third-order valence-electron chi connectivity index (χ3n) is 5.09. The van der Waals surface area contributed by atoms with Crippen molar-refractivity contribution in [2.45, 2.75) is 57.8 Å². The van der Waals surface area contributed by atoms with Crippen molar-refractivity contribution in [3.63, 3.8) is 0 Å². The third-order valence-corrected chi connectivity index (χ3v) is 5.09. The Morgan fingerprint density at radius 2 is 1.97 bits per heavy atom. The van der Waals surface area contributed by atoms with Gasteiger partial charge in [-0.2, -0.15) is 0 Å². The lowest BCUT2D eigenvalue weighted by Crippen LogP contribution is -2.50. The average molecular weight is 402 g/mol. The van der Waals surface area contributed by atoms with Crippen LogP contribution in [-0.4, -0.2) is 60.2 Å². The molecule has 2 fully saturated rings. The number of cyclic esters (lactones) is 1. The maximum atomic E-state index is 12.6. The number of carbonyl (C=O) groups is 2. The molecule has 29 heavy (non-hydrogen) atoms. The van der Waals surface area contributed by atoms with E-state index in [2.05, 4.69) is 4.90 Å². The number of ether oxygens (including phenoxy) is 2. The smallest absolute Gasteiger partial charge is 0.414 e. The van der Waals surface area contributed by atoms with Gasteiger partial charge in [-0.1, -0.05) is 6.42 Å². The number of nitrogens with zero attached hydrogens (tertiary/aromatic N) is 2. The van der Waals surface area contributed by atoms with E-state index < -0.39 is 11.7 Å². The lowest BCUT2D eigenvalue weighted by molar-refractivity contribution is -0.163. The van der Waals surface area contributed by atoms with Crippen LogP contribution >= 0.6 is 0 Å². The standard InChI is InChI=1S/C21H30N4O4/c1-21(2,3)29-19(26)17-6-4-5-11-24(17)12-16-13-25(20(27)28-16)15-9-7-14(8-10-15)18(22)23/h7-10,16-17H,4-6,11-13H2,1-3H3,(H3,22,23). The number of piperidine rings is 1. The Bertz CT molecular complexity index is 772. The van der Waals surface area contributed by atoms with E-state index in [4.69, 9.17) is 20.6 Å². The summed E-state index contributed by atoms with van der Waals surface area (Å²) in [5.41, 5.74) is 6.26. The summed E-state index contributed by atoms with van der Waals surface area (Å²) in [7, 11) is 0. The fourth-order valence-corrected chi connectivity index (χ4v) is 3.76. The van der Waals surface area contributed by atoms with E-state index in [0.717, 1.165) is 25.8 Å². The molecule has 0 aliphatic carbocycles. The number of anilines is 1. The van der Waals surface area contributed by atoms with Gasteiger partial charge in [0.05, 0.1) is 6.54 Å². The summed E-state index contributed by atoms with van der Waals surface area (Å²) in [5, 5.41) is 7.47. The molecule has 0 bridgehead atoms. The number of hydrogen-bond acceptors (Lipinski definition) is 6. The van der Waals surface area contributed by atoms with Crippen molar-refractivity contribution in [2.24, 2.45) is 5.73 Å². The summed E-state index contributed by atoms with van der Waals surface area (Å²) >= 11 is 0. The molecular formula is C21H30N4O4. The number of rotatable bonds is 5. The molecule has 2 aliphatic rings. The van der Waals surface area contributed by atoms with Crippen LogP contribution < -0.4 is 10.6 Å². The van der Waals surface area contributed by atoms with Crippen molar-refractivity contribution in [1.29, 1.82) is 5.41 Å². The molecule has 0 aromatic heterocycles. The summed E-state index contributed by atoms with van der Waals surface area (Å²) in [4.78, 5) is 28.7. The topological polar surface area (TPSA) is 109 Å². The van der Waals surface area contributed by atoms with E-state index in [1.165, 1.54) is 0 Å². The van der Waals surface area contributed by atoms with Gasteiger partial charge in [-0.3, -0.25) is 20.0 Å². The molecule has 8 nitrogen and oxygen atoms in total. The zero-order valence-corrected chi connectivity index (χ0v) is 17.3. The third kappa shape index (κ3) is 5.26. The molecule has 2 unspecified atom stereocenters. The lowest BCUT2D eigenvalue weighted by Gasteiger charge is -2.36. The monoisotopic (exact) mass is 402 g/mol. The first-order valence-electron chi connectivity index (χ1n) is 10.0. The number of nitrogens with one attached hydrogen (secondary N) is 1. The first-order valence-corrected chi connectivity index (χ1v) is 10.0. The highest BCUT2D eigenvalue weighted by molar-refractivity contribution is 5.96. The molecule has 2 saturated heterocycles. The summed E-state index contributed by atoms with van der Waals surface area (Å²) in [5.74, 6) is -0.227. The van der Waals surface area contributed by atoms with Crippen molar-refractivity contribution >= 4 is 23.6 Å². The molecule has 8 heteroatoms. The van der Waals surface area contributed by atoms with Crippen molar-refractivity contribution in [2.75, 3.05) is 24.5 Å². The van der Waals surface area contributed by atoms with Crippen LogP contribution in [0.3, 0.4) is 0 Å². The SMILES string of the molecule is CC(C)(C)OC(=O)C1CCCCN1CC1CN(c2ccc(C(=N)N)cc2)C(=O)O1. The quantitative estimate of drug-likeness (QED) is 0.445. The molecule has 0 saturated carbocycles. The van der Waals surface area contributed by atoms with Crippen LogP contribution in [0.15, 0.2) is 24.3 Å². The highest BCUT2D eigenvalue weighted by Gasteiger charge is 2.38. The van der Waals surface area contributed by atoms with E-state index in [1.54, 1.807) is 29.2 Å². The van der Waals surface area contributed by atoms with Gasteiger partial charge >= 0.3 is 12.1 Å². The Kier molecular flexibility index (Phi) is 6.12. The number of nitrogens with two attached hydrogens (primary N) is 1. The zero-order valence-electron chi connectivity index (χ0n) is 17.3. The Morgan fingerprint density at radius 1 is 1.28 bits per heavy atom. The Morgan fingerprint density at radius 3 is 2.59 bits per heavy atom. The van der Waals surface area contributed by atoms with Crippen LogP contribution in [0.25, 0.3) is 0 Å². The van der Waals surface area contributed by atoms with E-state index in [-0.39, 0.29) is 24.0 Å². The van der Waals surface area contributed by atoms with Gasteiger partial charge < -0.3 is 15.2 Å². The van der Waals surface area contributed by atoms with Crippen LogP contribution in [0, 0.1) is 5.41 Å². The minimum atomic E-state index is -0.525. The van der Waals surface area contributed by atoms with Crippen LogP contribution in [0.1, 0.15) is 45.6 Å². The molecule has 2 aliphatic heterocycles. The summed E-state index contributed by atoms with van der Waals surface area (Å²) in [6.07, 6.45) is 2.02. The summed E-state index contributed by atoms with van der Waals surface area (Å²) in [6.45, 7) is 7.29. The molecule has 3 rings (SSSR count). The largest absolute Gasteiger partial charge is 0.459 e. The highest BCUT2D eigenvalue weighted by atomic mass is 16.6. The van der Waals surface area contributed by atoms with Crippen molar-refractivity contribution in [3.8, 4) is 0 Å². The maximum Gasteiger partial charge on any atom is 0.414 e. The van der Waals surface area contributed by atoms with Crippen molar-refractivity contribution in [3.05, 3.63) is 29.8 Å². The van der Waals surface area contributed by atoms with Gasteiger partial charge in [0, 0.05) is 17.8 Å². The van der Waals surface area contributed by atoms with Gasteiger partial charge in [-0.25, -0.2) is 4.79 Å². The maximum absolute atomic E-state index is 12.6. The fraction of sp³-hybridized carbons (Fsp3) is 0.571. The predicted octanol–water partition coefficient (Wildman–Crippen LogP) is 2.49. The number of nitrogen functional groups attached to an aromatic ring is 1. The van der Waals surface area contributed by atoms with Crippen LogP contribution in [-0.2, 0) is 14.3 Å². The molecule has 1 aromatic rings.